The molecule has 1 aromatic carbocycles. The molecule has 1 aromatic heterocycles. The van der Waals surface area contributed by atoms with Crippen molar-refractivity contribution in [1.29, 1.82) is 0 Å². The topological polar surface area (TPSA) is 34.4 Å². The Morgan fingerprint density at radius 3 is 2.52 bits per heavy atom. The van der Waals surface area contributed by atoms with Crippen molar-refractivity contribution in [3.05, 3.63) is 52.5 Å². The van der Waals surface area contributed by atoms with Crippen molar-refractivity contribution in [1.82, 2.24) is 5.32 Å². The SMILES string of the molecule is CCNC(Cc1cccc(OC)c1)c1c(C)oc(C)c1C. The zero-order chi connectivity index (χ0) is 15.4. The minimum absolute atomic E-state index is 0.263. The zero-order valence-electron chi connectivity index (χ0n) is 13.6. The summed E-state index contributed by atoms with van der Waals surface area (Å²) < 4.78 is 11.1. The first-order valence-electron chi connectivity index (χ1n) is 7.49. The van der Waals surface area contributed by atoms with Crippen LogP contribution in [0.5, 0.6) is 5.75 Å². The summed E-state index contributed by atoms with van der Waals surface area (Å²) in [5.74, 6) is 2.93. The van der Waals surface area contributed by atoms with Crippen LogP contribution in [0.25, 0.3) is 0 Å². The van der Waals surface area contributed by atoms with E-state index in [1.165, 1.54) is 16.7 Å². The lowest BCUT2D eigenvalue weighted by atomic mass is 9.95. The van der Waals surface area contributed by atoms with Gasteiger partial charge in [0.25, 0.3) is 0 Å². The molecule has 3 heteroatoms. The van der Waals surface area contributed by atoms with E-state index in [4.69, 9.17) is 9.15 Å². The summed E-state index contributed by atoms with van der Waals surface area (Å²) >= 11 is 0. The molecule has 0 amide bonds. The van der Waals surface area contributed by atoms with Gasteiger partial charge in [0.1, 0.15) is 17.3 Å². The fourth-order valence-corrected chi connectivity index (χ4v) is 2.88. The van der Waals surface area contributed by atoms with E-state index in [1.54, 1.807) is 7.11 Å². The van der Waals surface area contributed by atoms with Gasteiger partial charge in [-0.15, -0.1) is 0 Å². The largest absolute Gasteiger partial charge is 0.497 e. The number of benzene rings is 1. The van der Waals surface area contributed by atoms with Crippen LogP contribution in [0, 0.1) is 20.8 Å². The van der Waals surface area contributed by atoms with E-state index < -0.39 is 0 Å². The fraction of sp³-hybridized carbons (Fsp3) is 0.444. The van der Waals surface area contributed by atoms with Gasteiger partial charge in [-0.05, 0) is 57.0 Å². The number of ether oxygens (including phenoxy) is 1. The minimum Gasteiger partial charge on any atom is -0.497 e. The number of furan rings is 1. The Kier molecular flexibility index (Phi) is 5.07. The van der Waals surface area contributed by atoms with Crippen LogP contribution in [0.1, 0.15) is 41.2 Å². The molecule has 0 spiro atoms. The highest BCUT2D eigenvalue weighted by atomic mass is 16.5. The molecule has 2 aromatic rings. The first-order chi connectivity index (χ1) is 10.1. The second kappa shape index (κ2) is 6.81. The third-order valence-corrected chi connectivity index (χ3v) is 3.99. The third-order valence-electron chi connectivity index (χ3n) is 3.99. The first-order valence-corrected chi connectivity index (χ1v) is 7.49. The van der Waals surface area contributed by atoms with Gasteiger partial charge in [0, 0.05) is 11.6 Å². The Labute approximate surface area is 127 Å². The second-order valence-electron chi connectivity index (χ2n) is 5.42. The number of aryl methyl sites for hydroxylation is 2. The summed E-state index contributed by atoms with van der Waals surface area (Å²) in [6.07, 6.45) is 0.922. The highest BCUT2D eigenvalue weighted by molar-refractivity contribution is 5.36. The van der Waals surface area contributed by atoms with Crippen LogP contribution >= 0.6 is 0 Å². The molecular formula is C18H25NO2. The van der Waals surface area contributed by atoms with Crippen LogP contribution in [-0.2, 0) is 6.42 Å². The number of likely N-dealkylation sites (N-methyl/N-ethyl adjacent to an activating group) is 1. The Hall–Kier alpha value is -1.74. The van der Waals surface area contributed by atoms with Crippen molar-refractivity contribution in [2.24, 2.45) is 0 Å². The van der Waals surface area contributed by atoms with Crippen LogP contribution in [-0.4, -0.2) is 13.7 Å². The summed E-state index contributed by atoms with van der Waals surface area (Å²) in [7, 11) is 1.70. The highest BCUT2D eigenvalue weighted by Gasteiger charge is 2.20. The van der Waals surface area contributed by atoms with E-state index in [0.717, 1.165) is 30.2 Å². The maximum Gasteiger partial charge on any atom is 0.119 e. The molecule has 1 unspecified atom stereocenters. The molecule has 114 valence electrons. The predicted molar refractivity (Wildman–Crippen MR) is 86.0 cm³/mol. The molecule has 0 aliphatic heterocycles. The summed E-state index contributed by atoms with van der Waals surface area (Å²) in [5, 5.41) is 3.58. The van der Waals surface area contributed by atoms with Crippen molar-refractivity contribution in [3.8, 4) is 5.75 Å². The molecule has 1 atom stereocenters. The molecule has 1 heterocycles. The lowest BCUT2D eigenvalue weighted by Gasteiger charge is -2.19. The predicted octanol–water partition coefficient (Wildman–Crippen LogP) is 4.11. The Bertz CT molecular complexity index is 601. The van der Waals surface area contributed by atoms with E-state index in [9.17, 15) is 0 Å². The average molecular weight is 287 g/mol. The maximum atomic E-state index is 5.79. The molecule has 0 aliphatic carbocycles. The van der Waals surface area contributed by atoms with Crippen LogP contribution < -0.4 is 10.1 Å². The van der Waals surface area contributed by atoms with Crippen molar-refractivity contribution >= 4 is 0 Å². The average Bonchev–Trinajstić information content (AvgIpc) is 2.72. The molecule has 3 nitrogen and oxygen atoms in total. The number of hydrogen-bond acceptors (Lipinski definition) is 3. The quantitative estimate of drug-likeness (QED) is 0.868. The highest BCUT2D eigenvalue weighted by Crippen LogP contribution is 2.30. The Balaban J connectivity index is 2.30. The monoisotopic (exact) mass is 287 g/mol. The van der Waals surface area contributed by atoms with Crippen molar-refractivity contribution in [3.63, 3.8) is 0 Å². The van der Waals surface area contributed by atoms with E-state index in [-0.39, 0.29) is 6.04 Å². The van der Waals surface area contributed by atoms with Crippen LogP contribution in [0.15, 0.2) is 28.7 Å². The van der Waals surface area contributed by atoms with Crippen LogP contribution in [0.3, 0.4) is 0 Å². The van der Waals surface area contributed by atoms with E-state index in [2.05, 4.69) is 31.3 Å². The van der Waals surface area contributed by atoms with Gasteiger partial charge in [-0.1, -0.05) is 19.1 Å². The molecule has 0 bridgehead atoms. The molecule has 2 rings (SSSR count). The molecule has 0 fully saturated rings. The standard InChI is InChI=1S/C18H25NO2/c1-6-19-17(18-12(2)13(3)21-14(18)4)11-15-8-7-9-16(10-15)20-5/h7-10,17,19H,6,11H2,1-5H3. The summed E-state index contributed by atoms with van der Waals surface area (Å²) in [6, 6.07) is 8.52. The number of nitrogens with one attached hydrogen (secondary N) is 1. The molecule has 21 heavy (non-hydrogen) atoms. The van der Waals surface area contributed by atoms with Gasteiger partial charge in [-0.3, -0.25) is 0 Å². The molecular weight excluding hydrogens is 262 g/mol. The van der Waals surface area contributed by atoms with Crippen molar-refractivity contribution in [2.75, 3.05) is 13.7 Å². The summed E-state index contributed by atoms with van der Waals surface area (Å²) in [4.78, 5) is 0. The maximum absolute atomic E-state index is 5.79. The zero-order valence-corrected chi connectivity index (χ0v) is 13.6. The van der Waals surface area contributed by atoms with E-state index in [0.29, 0.717) is 0 Å². The molecule has 0 aliphatic rings. The normalized spacial score (nSPS) is 12.4. The van der Waals surface area contributed by atoms with Crippen LogP contribution in [0.2, 0.25) is 0 Å². The van der Waals surface area contributed by atoms with Gasteiger partial charge in [0.05, 0.1) is 7.11 Å². The number of rotatable bonds is 6. The van der Waals surface area contributed by atoms with Gasteiger partial charge < -0.3 is 14.5 Å². The van der Waals surface area contributed by atoms with Gasteiger partial charge in [0.2, 0.25) is 0 Å². The smallest absolute Gasteiger partial charge is 0.119 e. The third kappa shape index (κ3) is 3.48. The summed E-state index contributed by atoms with van der Waals surface area (Å²) in [6.45, 7) is 9.27. The van der Waals surface area contributed by atoms with Crippen LogP contribution in [0.4, 0.5) is 0 Å². The second-order valence-corrected chi connectivity index (χ2v) is 5.42. The lowest BCUT2D eigenvalue weighted by Crippen LogP contribution is -2.24. The van der Waals surface area contributed by atoms with Crippen molar-refractivity contribution in [2.45, 2.75) is 40.2 Å². The molecule has 0 radical (unpaired) electrons. The van der Waals surface area contributed by atoms with E-state index >= 15 is 0 Å². The molecule has 0 saturated heterocycles. The minimum atomic E-state index is 0.263. The number of methoxy groups -OCH3 is 1. The number of hydrogen-bond donors (Lipinski definition) is 1. The van der Waals surface area contributed by atoms with Crippen molar-refractivity contribution < 1.29 is 9.15 Å². The molecule has 1 N–H and O–H groups in total. The van der Waals surface area contributed by atoms with Gasteiger partial charge >= 0.3 is 0 Å². The Morgan fingerprint density at radius 1 is 1.19 bits per heavy atom. The van der Waals surface area contributed by atoms with Gasteiger partial charge in [-0.25, -0.2) is 0 Å². The fourth-order valence-electron chi connectivity index (χ4n) is 2.88. The lowest BCUT2D eigenvalue weighted by molar-refractivity contribution is 0.413. The van der Waals surface area contributed by atoms with Gasteiger partial charge in [0.15, 0.2) is 0 Å². The first kappa shape index (κ1) is 15.6. The van der Waals surface area contributed by atoms with Gasteiger partial charge in [-0.2, -0.15) is 0 Å². The summed E-state index contributed by atoms with van der Waals surface area (Å²) in [5.41, 5.74) is 3.80. The Morgan fingerprint density at radius 2 is 1.95 bits per heavy atom. The molecule has 0 saturated carbocycles. The van der Waals surface area contributed by atoms with E-state index in [1.807, 2.05) is 26.0 Å².